The number of carbonyl (C=O) groups is 3. The predicted molar refractivity (Wildman–Crippen MR) is 145 cm³/mol. The van der Waals surface area contributed by atoms with Gasteiger partial charge < -0.3 is 25.0 Å². The zero-order valence-corrected chi connectivity index (χ0v) is 22.2. The number of carbonyl (C=O) groups excluding carboxylic acids is 3. The van der Waals surface area contributed by atoms with E-state index in [4.69, 9.17) is 9.47 Å². The highest BCUT2D eigenvalue weighted by molar-refractivity contribution is 9.10. The smallest absolute Gasteiger partial charge is 0.262 e. The van der Waals surface area contributed by atoms with E-state index in [1.807, 2.05) is 49.4 Å². The molecule has 1 fully saturated rings. The number of aryl methyl sites for hydroxylation is 1. The zero-order valence-electron chi connectivity index (χ0n) is 20.6. The van der Waals surface area contributed by atoms with Crippen LogP contribution >= 0.6 is 15.9 Å². The van der Waals surface area contributed by atoms with Crippen molar-refractivity contribution in [2.45, 2.75) is 19.9 Å². The maximum Gasteiger partial charge on any atom is 0.262 e. The first-order valence-electron chi connectivity index (χ1n) is 11.8. The third-order valence-corrected chi connectivity index (χ3v) is 6.99. The van der Waals surface area contributed by atoms with Crippen LogP contribution in [0.3, 0.4) is 0 Å². The standard InChI is InChI=1S/C28H28BrN3O5/c1-18-13-21(7-12-24(18)29)31-26(33)17-37-23-10-8-22(9-11-23)32-16-20(14-27(32)34)28(35)30-15-19-5-3-4-6-25(19)36-2/h3-13,20H,14-17H2,1-2H3,(H,30,35)(H,31,33)/t20-/m1/s1. The molecule has 1 atom stereocenters. The number of methoxy groups -OCH3 is 1. The van der Waals surface area contributed by atoms with Crippen LogP contribution in [0.2, 0.25) is 0 Å². The summed E-state index contributed by atoms with van der Waals surface area (Å²) < 4.78 is 11.9. The Morgan fingerprint density at radius 3 is 2.57 bits per heavy atom. The van der Waals surface area contributed by atoms with Crippen LogP contribution in [0.5, 0.6) is 11.5 Å². The molecule has 8 nitrogen and oxygen atoms in total. The Morgan fingerprint density at radius 1 is 1.08 bits per heavy atom. The second-order valence-electron chi connectivity index (χ2n) is 8.73. The Bertz CT molecular complexity index is 1300. The minimum absolute atomic E-state index is 0.115. The largest absolute Gasteiger partial charge is 0.496 e. The summed E-state index contributed by atoms with van der Waals surface area (Å²) in [7, 11) is 1.59. The van der Waals surface area contributed by atoms with Gasteiger partial charge in [-0.2, -0.15) is 0 Å². The van der Waals surface area contributed by atoms with E-state index in [2.05, 4.69) is 26.6 Å². The van der Waals surface area contributed by atoms with Crippen molar-refractivity contribution >= 4 is 45.0 Å². The molecule has 0 unspecified atom stereocenters. The number of benzene rings is 3. The van der Waals surface area contributed by atoms with Gasteiger partial charge in [-0.15, -0.1) is 0 Å². The fourth-order valence-corrected chi connectivity index (χ4v) is 4.35. The second-order valence-corrected chi connectivity index (χ2v) is 9.58. The van der Waals surface area contributed by atoms with Gasteiger partial charge in [-0.25, -0.2) is 0 Å². The van der Waals surface area contributed by atoms with Crippen LogP contribution in [-0.4, -0.2) is 38.0 Å². The normalized spacial score (nSPS) is 14.8. The highest BCUT2D eigenvalue weighted by Crippen LogP contribution is 2.27. The van der Waals surface area contributed by atoms with E-state index in [9.17, 15) is 14.4 Å². The number of hydrogen-bond acceptors (Lipinski definition) is 5. The molecule has 0 spiro atoms. The number of ether oxygens (including phenoxy) is 2. The van der Waals surface area contributed by atoms with Crippen LogP contribution in [0.15, 0.2) is 71.2 Å². The Balaban J connectivity index is 1.27. The molecular weight excluding hydrogens is 538 g/mol. The lowest BCUT2D eigenvalue weighted by Gasteiger charge is -2.17. The predicted octanol–water partition coefficient (Wildman–Crippen LogP) is 4.45. The summed E-state index contributed by atoms with van der Waals surface area (Å²) in [4.78, 5) is 39.2. The third-order valence-electron chi connectivity index (χ3n) is 6.10. The van der Waals surface area contributed by atoms with Gasteiger partial charge in [0.15, 0.2) is 6.61 Å². The van der Waals surface area contributed by atoms with Crippen LogP contribution < -0.4 is 25.0 Å². The Kier molecular flexibility index (Phi) is 8.45. The van der Waals surface area contributed by atoms with Crippen LogP contribution in [0.25, 0.3) is 0 Å². The maximum absolute atomic E-state index is 12.7. The van der Waals surface area contributed by atoms with Crippen molar-refractivity contribution in [3.8, 4) is 11.5 Å². The summed E-state index contributed by atoms with van der Waals surface area (Å²) in [5.74, 6) is 0.203. The number of nitrogens with one attached hydrogen (secondary N) is 2. The first kappa shape index (κ1) is 26.2. The van der Waals surface area contributed by atoms with Gasteiger partial charge in [-0.1, -0.05) is 34.1 Å². The molecule has 3 aromatic rings. The molecule has 3 aromatic carbocycles. The van der Waals surface area contributed by atoms with Crippen molar-refractivity contribution in [2.24, 2.45) is 5.92 Å². The van der Waals surface area contributed by atoms with Gasteiger partial charge in [0.1, 0.15) is 11.5 Å². The average molecular weight is 566 g/mol. The number of anilines is 2. The van der Waals surface area contributed by atoms with Crippen molar-refractivity contribution in [1.82, 2.24) is 5.32 Å². The van der Waals surface area contributed by atoms with Crippen molar-refractivity contribution < 1.29 is 23.9 Å². The van der Waals surface area contributed by atoms with Crippen molar-refractivity contribution in [3.05, 3.63) is 82.3 Å². The lowest BCUT2D eigenvalue weighted by atomic mass is 10.1. The molecule has 2 N–H and O–H groups in total. The van der Waals surface area contributed by atoms with Gasteiger partial charge >= 0.3 is 0 Å². The first-order valence-corrected chi connectivity index (χ1v) is 12.6. The van der Waals surface area contributed by atoms with E-state index in [0.29, 0.717) is 36.0 Å². The van der Waals surface area contributed by atoms with Crippen LogP contribution in [0.4, 0.5) is 11.4 Å². The number of nitrogens with zero attached hydrogens (tertiary/aromatic N) is 1. The fraction of sp³-hybridized carbons (Fsp3) is 0.250. The molecule has 4 rings (SSSR count). The molecule has 0 aromatic heterocycles. The molecule has 0 radical (unpaired) electrons. The molecule has 3 amide bonds. The summed E-state index contributed by atoms with van der Waals surface area (Å²) in [6, 6.07) is 19.9. The molecule has 1 aliphatic heterocycles. The van der Waals surface area contributed by atoms with Crippen LogP contribution in [0.1, 0.15) is 17.5 Å². The van der Waals surface area contributed by atoms with Gasteiger partial charge in [-0.05, 0) is 61.0 Å². The highest BCUT2D eigenvalue weighted by Gasteiger charge is 2.35. The molecule has 9 heteroatoms. The first-order chi connectivity index (χ1) is 17.8. The SMILES string of the molecule is COc1ccccc1CNC(=O)[C@@H]1CC(=O)N(c2ccc(OCC(=O)Nc3ccc(Br)c(C)c3)cc2)C1. The zero-order chi connectivity index (χ0) is 26.4. The van der Waals surface area contributed by atoms with E-state index in [1.165, 1.54) is 0 Å². The lowest BCUT2D eigenvalue weighted by Crippen LogP contribution is -2.32. The number of hydrogen-bond donors (Lipinski definition) is 2. The van der Waals surface area contributed by atoms with Gasteiger partial charge in [0, 0.05) is 40.9 Å². The minimum atomic E-state index is -0.441. The molecule has 1 saturated heterocycles. The molecule has 1 aliphatic rings. The molecule has 0 saturated carbocycles. The van der Waals surface area contributed by atoms with Crippen molar-refractivity contribution in [1.29, 1.82) is 0 Å². The number of rotatable bonds is 9. The molecular formula is C28H28BrN3O5. The average Bonchev–Trinajstić information content (AvgIpc) is 3.30. The van der Waals surface area contributed by atoms with Crippen molar-refractivity contribution in [2.75, 3.05) is 30.5 Å². The number of amides is 3. The van der Waals surface area contributed by atoms with E-state index >= 15 is 0 Å². The number of para-hydroxylation sites is 1. The Morgan fingerprint density at radius 2 is 1.84 bits per heavy atom. The van der Waals surface area contributed by atoms with E-state index in [1.54, 1.807) is 36.3 Å². The fourth-order valence-electron chi connectivity index (χ4n) is 4.10. The molecule has 37 heavy (non-hydrogen) atoms. The number of halogens is 1. The summed E-state index contributed by atoms with van der Waals surface area (Å²) in [6.45, 7) is 2.42. The molecule has 0 aliphatic carbocycles. The summed E-state index contributed by atoms with van der Waals surface area (Å²) in [6.07, 6.45) is 0.145. The molecule has 1 heterocycles. The summed E-state index contributed by atoms with van der Waals surface area (Å²) in [5, 5.41) is 5.71. The van der Waals surface area contributed by atoms with Crippen molar-refractivity contribution in [3.63, 3.8) is 0 Å². The van der Waals surface area contributed by atoms with E-state index in [-0.39, 0.29) is 30.7 Å². The minimum Gasteiger partial charge on any atom is -0.496 e. The van der Waals surface area contributed by atoms with Gasteiger partial charge in [0.2, 0.25) is 11.8 Å². The third kappa shape index (κ3) is 6.68. The summed E-state index contributed by atoms with van der Waals surface area (Å²) in [5.41, 5.74) is 3.25. The highest BCUT2D eigenvalue weighted by atomic mass is 79.9. The topological polar surface area (TPSA) is 97.0 Å². The lowest BCUT2D eigenvalue weighted by molar-refractivity contribution is -0.126. The van der Waals surface area contributed by atoms with Gasteiger partial charge in [0.25, 0.3) is 5.91 Å². The van der Waals surface area contributed by atoms with Gasteiger partial charge in [0.05, 0.1) is 13.0 Å². The van der Waals surface area contributed by atoms with Crippen LogP contribution in [-0.2, 0) is 20.9 Å². The van der Waals surface area contributed by atoms with E-state index in [0.717, 1.165) is 15.6 Å². The second kappa shape index (κ2) is 11.9. The van der Waals surface area contributed by atoms with Crippen LogP contribution in [0, 0.1) is 12.8 Å². The molecule has 192 valence electrons. The monoisotopic (exact) mass is 565 g/mol. The Hall–Kier alpha value is -3.85. The summed E-state index contributed by atoms with van der Waals surface area (Å²) >= 11 is 3.44. The van der Waals surface area contributed by atoms with Gasteiger partial charge in [-0.3, -0.25) is 14.4 Å². The quantitative estimate of drug-likeness (QED) is 0.399. The molecule has 0 bridgehead atoms. The Labute approximate surface area is 224 Å². The van der Waals surface area contributed by atoms with E-state index < -0.39 is 5.92 Å². The maximum atomic E-state index is 12.7.